The second-order valence-corrected chi connectivity index (χ2v) is 8.65. The summed E-state index contributed by atoms with van der Waals surface area (Å²) in [4.78, 5) is 52.0. The van der Waals surface area contributed by atoms with Crippen molar-refractivity contribution in [3.05, 3.63) is 58.5 Å². The van der Waals surface area contributed by atoms with Gasteiger partial charge in [-0.25, -0.2) is 9.48 Å². The number of para-hydroxylation sites is 1. The highest BCUT2D eigenvalue weighted by molar-refractivity contribution is 6.06. The Labute approximate surface area is 184 Å². The molecule has 4 atom stereocenters. The largest absolute Gasteiger partial charge is 0.336 e. The Bertz CT molecular complexity index is 1160. The number of fused-ring (bicyclic) bond motifs is 5. The van der Waals surface area contributed by atoms with E-state index in [2.05, 4.69) is 22.8 Å². The van der Waals surface area contributed by atoms with Gasteiger partial charge < -0.3 is 10.6 Å². The zero-order valence-corrected chi connectivity index (χ0v) is 17.9. The minimum absolute atomic E-state index is 0.115. The number of benzene rings is 1. The maximum Gasteiger partial charge on any atom is 0.319 e. The van der Waals surface area contributed by atoms with E-state index in [0.29, 0.717) is 11.4 Å². The van der Waals surface area contributed by atoms with Crippen LogP contribution in [0.15, 0.2) is 47.3 Å². The van der Waals surface area contributed by atoms with E-state index in [1.165, 1.54) is 9.58 Å². The SMILES string of the molecule is Cc1c(NC(=O)NCCN2C(=O)[C@@H]3[C@@H](C2=O)[C@H]2C=C[C@H]3C2)c(=O)n(-c2ccccc2)n1C. The van der Waals surface area contributed by atoms with Crippen LogP contribution in [0.3, 0.4) is 0 Å². The number of hydrogen-bond donors (Lipinski definition) is 2. The van der Waals surface area contributed by atoms with Crippen molar-refractivity contribution in [1.29, 1.82) is 0 Å². The van der Waals surface area contributed by atoms with E-state index in [4.69, 9.17) is 0 Å². The van der Waals surface area contributed by atoms with Crippen LogP contribution in [0.4, 0.5) is 10.5 Å². The predicted molar refractivity (Wildman–Crippen MR) is 117 cm³/mol. The molecule has 1 aromatic heterocycles. The number of imide groups is 1. The van der Waals surface area contributed by atoms with Gasteiger partial charge in [0.1, 0.15) is 5.69 Å². The van der Waals surface area contributed by atoms with E-state index in [1.807, 2.05) is 30.3 Å². The lowest BCUT2D eigenvalue weighted by Gasteiger charge is -2.17. The van der Waals surface area contributed by atoms with Gasteiger partial charge in [0.15, 0.2) is 0 Å². The number of allylic oxidation sites excluding steroid dienone is 2. The molecule has 2 aromatic rings. The Kier molecular flexibility index (Phi) is 4.76. The maximum atomic E-state index is 12.9. The smallest absolute Gasteiger partial charge is 0.319 e. The molecule has 9 heteroatoms. The normalized spacial score (nSPS) is 25.5. The van der Waals surface area contributed by atoms with Crippen molar-refractivity contribution in [2.24, 2.45) is 30.7 Å². The molecule has 1 aromatic carbocycles. The third kappa shape index (κ3) is 2.99. The lowest BCUT2D eigenvalue weighted by Crippen LogP contribution is -2.41. The second kappa shape index (κ2) is 7.51. The van der Waals surface area contributed by atoms with Gasteiger partial charge in [-0.2, -0.15) is 0 Å². The number of rotatable bonds is 5. The van der Waals surface area contributed by atoms with Crippen molar-refractivity contribution in [3.63, 3.8) is 0 Å². The molecule has 2 N–H and O–H groups in total. The highest BCUT2D eigenvalue weighted by Crippen LogP contribution is 2.52. The number of anilines is 1. The number of nitrogens with zero attached hydrogens (tertiary/aromatic N) is 3. The van der Waals surface area contributed by atoms with Crippen molar-refractivity contribution in [1.82, 2.24) is 19.6 Å². The van der Waals surface area contributed by atoms with Crippen LogP contribution in [-0.4, -0.2) is 45.2 Å². The minimum atomic E-state index is -0.558. The molecule has 2 heterocycles. The van der Waals surface area contributed by atoms with Crippen molar-refractivity contribution in [3.8, 4) is 5.69 Å². The summed E-state index contributed by atoms with van der Waals surface area (Å²) in [7, 11) is 1.75. The van der Waals surface area contributed by atoms with E-state index >= 15 is 0 Å². The van der Waals surface area contributed by atoms with Crippen molar-refractivity contribution in [2.75, 3.05) is 18.4 Å². The quantitative estimate of drug-likeness (QED) is 0.547. The molecule has 1 aliphatic heterocycles. The molecular weight excluding hydrogens is 410 g/mol. The monoisotopic (exact) mass is 435 g/mol. The Morgan fingerprint density at radius 2 is 1.66 bits per heavy atom. The van der Waals surface area contributed by atoms with Gasteiger partial charge in [0.2, 0.25) is 11.8 Å². The van der Waals surface area contributed by atoms with E-state index in [1.54, 1.807) is 18.7 Å². The van der Waals surface area contributed by atoms with Gasteiger partial charge in [-0.1, -0.05) is 30.4 Å². The summed E-state index contributed by atoms with van der Waals surface area (Å²) in [5.41, 5.74) is 1.14. The average Bonchev–Trinajstić information content (AvgIpc) is 3.51. The molecule has 0 unspecified atom stereocenters. The van der Waals surface area contributed by atoms with Crippen molar-refractivity contribution in [2.45, 2.75) is 13.3 Å². The molecule has 166 valence electrons. The lowest BCUT2D eigenvalue weighted by atomic mass is 9.85. The zero-order valence-electron chi connectivity index (χ0n) is 17.9. The molecule has 9 nitrogen and oxygen atoms in total. The van der Waals surface area contributed by atoms with Crippen LogP contribution in [-0.2, 0) is 16.6 Å². The van der Waals surface area contributed by atoms with Crippen LogP contribution in [0.25, 0.3) is 5.69 Å². The Morgan fingerprint density at radius 3 is 2.28 bits per heavy atom. The van der Waals surface area contributed by atoms with Gasteiger partial charge in [-0.3, -0.25) is 24.0 Å². The fourth-order valence-electron chi connectivity index (χ4n) is 5.34. The lowest BCUT2D eigenvalue weighted by molar-refractivity contribution is -0.140. The van der Waals surface area contributed by atoms with E-state index < -0.39 is 6.03 Å². The zero-order chi connectivity index (χ0) is 22.6. The molecular formula is C23H25N5O4. The van der Waals surface area contributed by atoms with Crippen LogP contribution < -0.4 is 16.2 Å². The maximum absolute atomic E-state index is 12.9. The van der Waals surface area contributed by atoms with Gasteiger partial charge in [0.25, 0.3) is 5.56 Å². The van der Waals surface area contributed by atoms with Gasteiger partial charge in [0.05, 0.1) is 23.2 Å². The van der Waals surface area contributed by atoms with Crippen LogP contribution in [0.5, 0.6) is 0 Å². The number of hydrogen-bond acceptors (Lipinski definition) is 4. The van der Waals surface area contributed by atoms with E-state index in [9.17, 15) is 19.2 Å². The fraction of sp³-hybridized carbons (Fsp3) is 0.391. The first-order chi connectivity index (χ1) is 15.4. The molecule has 2 aliphatic carbocycles. The number of aromatic nitrogens is 2. The first kappa shape index (κ1) is 20.3. The average molecular weight is 435 g/mol. The summed E-state index contributed by atoms with van der Waals surface area (Å²) in [5.74, 6) is -0.428. The summed E-state index contributed by atoms with van der Waals surface area (Å²) in [6.45, 7) is 1.99. The van der Waals surface area contributed by atoms with Crippen LogP contribution in [0.2, 0.25) is 0 Å². The molecule has 1 saturated carbocycles. The molecule has 5 rings (SSSR count). The Morgan fingerprint density at radius 1 is 1.03 bits per heavy atom. The van der Waals surface area contributed by atoms with Gasteiger partial charge in [0, 0.05) is 20.1 Å². The molecule has 1 saturated heterocycles. The van der Waals surface area contributed by atoms with Gasteiger partial charge >= 0.3 is 6.03 Å². The molecule has 3 aliphatic rings. The molecule has 4 amide bonds. The molecule has 2 bridgehead atoms. The summed E-state index contributed by atoms with van der Waals surface area (Å²) in [6.07, 6.45) is 4.99. The highest BCUT2D eigenvalue weighted by atomic mass is 16.2. The summed E-state index contributed by atoms with van der Waals surface area (Å²) in [6, 6.07) is 8.59. The standard InChI is InChI=1S/C23H25N5O4/c1-13-19(22(31)28(26(13)2)16-6-4-3-5-7-16)25-23(32)24-10-11-27-20(29)17-14-8-9-15(12-14)18(17)21(27)30/h3-9,14-15,17-18H,10-12H2,1-2H3,(H2,24,25,32)/t14-,15-,17-,18-/m0/s1. The van der Waals surface area contributed by atoms with Crippen molar-refractivity contribution >= 4 is 23.5 Å². The Balaban J connectivity index is 1.22. The Hall–Kier alpha value is -3.62. The summed E-state index contributed by atoms with van der Waals surface area (Å²) < 4.78 is 3.16. The van der Waals surface area contributed by atoms with Gasteiger partial charge in [-0.15, -0.1) is 0 Å². The fourth-order valence-corrected chi connectivity index (χ4v) is 5.34. The molecule has 0 radical (unpaired) electrons. The number of nitrogens with one attached hydrogen (secondary N) is 2. The van der Waals surface area contributed by atoms with Crippen molar-refractivity contribution < 1.29 is 14.4 Å². The highest BCUT2D eigenvalue weighted by Gasteiger charge is 2.58. The topological polar surface area (TPSA) is 105 Å². The molecule has 0 spiro atoms. The minimum Gasteiger partial charge on any atom is -0.336 e. The van der Waals surface area contributed by atoms with Crippen LogP contribution in [0.1, 0.15) is 12.1 Å². The first-order valence-corrected chi connectivity index (χ1v) is 10.8. The predicted octanol–water partition coefficient (Wildman–Crippen LogP) is 1.41. The molecule has 2 fully saturated rings. The number of amides is 4. The van der Waals surface area contributed by atoms with Gasteiger partial charge in [-0.05, 0) is 37.3 Å². The summed E-state index contributed by atoms with van der Waals surface area (Å²) >= 11 is 0. The number of likely N-dealkylation sites (tertiary alicyclic amines) is 1. The van der Waals surface area contributed by atoms with Crippen LogP contribution in [0, 0.1) is 30.6 Å². The number of carbonyl (C=O) groups is 3. The van der Waals surface area contributed by atoms with E-state index in [-0.39, 0.29) is 59.8 Å². The molecule has 32 heavy (non-hydrogen) atoms. The van der Waals surface area contributed by atoms with Crippen LogP contribution >= 0.6 is 0 Å². The second-order valence-electron chi connectivity index (χ2n) is 8.65. The number of carbonyl (C=O) groups excluding carboxylic acids is 3. The number of urea groups is 1. The third-order valence-electron chi connectivity index (χ3n) is 6.98. The summed E-state index contributed by atoms with van der Waals surface area (Å²) in [5, 5.41) is 5.28. The van der Waals surface area contributed by atoms with E-state index in [0.717, 1.165) is 6.42 Å². The first-order valence-electron chi connectivity index (χ1n) is 10.8. The third-order valence-corrected chi connectivity index (χ3v) is 6.98.